The third-order valence-electron chi connectivity index (χ3n) is 13.3. The van der Waals surface area contributed by atoms with Crippen LogP contribution in [-0.2, 0) is 19.7 Å². The third-order valence-corrected chi connectivity index (χ3v) is 13.3. The molecule has 3 aliphatic heterocycles. The lowest BCUT2D eigenvalue weighted by Gasteiger charge is -2.34. The van der Waals surface area contributed by atoms with Crippen molar-refractivity contribution < 1.29 is 19.1 Å². The monoisotopic (exact) mass is 812 g/mol. The molecule has 3 aliphatic rings. The Morgan fingerprint density at radius 2 is 1.25 bits per heavy atom. The van der Waals surface area contributed by atoms with Crippen LogP contribution >= 0.6 is 0 Å². The van der Waals surface area contributed by atoms with E-state index >= 15 is 0 Å². The predicted molar refractivity (Wildman–Crippen MR) is 240 cm³/mol. The van der Waals surface area contributed by atoms with Gasteiger partial charge in [0.2, 0.25) is 11.8 Å². The first kappa shape index (κ1) is 41.5. The van der Waals surface area contributed by atoms with E-state index in [1.54, 1.807) is 0 Å². The summed E-state index contributed by atoms with van der Waals surface area (Å²) in [5.74, 6) is 0.443. The highest BCUT2D eigenvalue weighted by Gasteiger charge is 2.39. The number of hydrogen-bond acceptors (Lipinski definition) is 5. The van der Waals surface area contributed by atoms with Gasteiger partial charge in [-0.25, -0.2) is 4.79 Å². The van der Waals surface area contributed by atoms with Crippen molar-refractivity contribution in [2.75, 3.05) is 25.1 Å². The zero-order valence-electron chi connectivity index (χ0n) is 36.8. The summed E-state index contributed by atoms with van der Waals surface area (Å²) in [5, 5.41) is 5.08. The van der Waals surface area contributed by atoms with Crippen LogP contribution in [0, 0.1) is 11.8 Å². The molecule has 3 saturated heterocycles. The van der Waals surface area contributed by atoms with Crippen LogP contribution in [0.5, 0.6) is 0 Å². The van der Waals surface area contributed by atoms with Crippen LogP contribution in [0.1, 0.15) is 146 Å². The van der Waals surface area contributed by atoms with Crippen LogP contribution in [0.15, 0.2) is 72.8 Å². The Kier molecular flexibility index (Phi) is 11.5. The van der Waals surface area contributed by atoms with E-state index in [2.05, 4.69) is 132 Å². The summed E-state index contributed by atoms with van der Waals surface area (Å²) in [7, 11) is 1.32. The van der Waals surface area contributed by atoms with Crippen molar-refractivity contribution >= 4 is 45.4 Å². The van der Waals surface area contributed by atoms with Gasteiger partial charge in [-0.3, -0.25) is 9.59 Å². The Labute approximate surface area is 355 Å². The van der Waals surface area contributed by atoms with Gasteiger partial charge in [0.1, 0.15) is 6.04 Å². The van der Waals surface area contributed by atoms with Crippen molar-refractivity contribution in [3.05, 3.63) is 101 Å². The average Bonchev–Trinajstić information content (AvgIpc) is 4.06. The molecule has 0 bridgehead atoms. The highest BCUT2D eigenvalue weighted by molar-refractivity contribution is 5.87. The molecule has 3 amide bonds. The summed E-state index contributed by atoms with van der Waals surface area (Å²) in [5.41, 5.74) is 9.47. The van der Waals surface area contributed by atoms with Crippen molar-refractivity contribution in [3.63, 3.8) is 0 Å². The second-order valence-corrected chi connectivity index (χ2v) is 19.3. The molecule has 3 aromatic carbocycles. The van der Waals surface area contributed by atoms with E-state index < -0.39 is 12.1 Å². The third kappa shape index (κ3) is 8.14. The second-order valence-electron chi connectivity index (χ2n) is 19.3. The van der Waals surface area contributed by atoms with Gasteiger partial charge in [-0.05, 0) is 120 Å². The van der Waals surface area contributed by atoms with Gasteiger partial charge in [0.15, 0.2) is 0 Å². The molecule has 8 rings (SSSR count). The summed E-state index contributed by atoms with van der Waals surface area (Å²) in [6.07, 6.45) is 5.79. The number of aromatic amines is 2. The molecule has 2 aromatic heterocycles. The highest BCUT2D eigenvalue weighted by atomic mass is 16.5. The zero-order valence-corrected chi connectivity index (χ0v) is 36.8. The van der Waals surface area contributed by atoms with E-state index in [9.17, 15) is 14.4 Å². The van der Waals surface area contributed by atoms with Gasteiger partial charge in [-0.1, -0.05) is 84.9 Å². The molecule has 0 saturated carbocycles. The molecular formula is C50H64N6O4. The van der Waals surface area contributed by atoms with Gasteiger partial charge in [0.05, 0.1) is 31.3 Å². The number of hydrogen-bond donors (Lipinski definition) is 3. The highest BCUT2D eigenvalue weighted by Crippen LogP contribution is 2.48. The van der Waals surface area contributed by atoms with E-state index in [0.29, 0.717) is 18.9 Å². The Morgan fingerprint density at radius 3 is 1.75 bits per heavy atom. The van der Waals surface area contributed by atoms with E-state index in [1.807, 2.05) is 18.7 Å². The number of ether oxygens (including phenoxy) is 1. The molecule has 318 valence electrons. The number of nitrogens with one attached hydrogen (secondary N) is 3. The molecular weight excluding hydrogens is 749 g/mol. The average molecular weight is 813 g/mol. The fourth-order valence-electron chi connectivity index (χ4n) is 10.2. The van der Waals surface area contributed by atoms with E-state index in [0.717, 1.165) is 72.9 Å². The van der Waals surface area contributed by atoms with Crippen LogP contribution < -0.4 is 10.2 Å². The Bertz CT molecular complexity index is 2350. The number of methoxy groups -OCH3 is 1. The van der Waals surface area contributed by atoms with Crippen LogP contribution in [0.4, 0.5) is 10.5 Å². The quantitative estimate of drug-likeness (QED) is 0.130. The topological polar surface area (TPSA) is 114 Å². The lowest BCUT2D eigenvalue weighted by atomic mass is 9.87. The van der Waals surface area contributed by atoms with E-state index in [-0.39, 0.29) is 47.3 Å². The lowest BCUT2D eigenvalue weighted by Crippen LogP contribution is -2.51. The molecule has 0 radical (unpaired) electrons. The molecule has 10 nitrogen and oxygen atoms in total. The van der Waals surface area contributed by atoms with Crippen molar-refractivity contribution in [2.45, 2.75) is 129 Å². The molecule has 5 heterocycles. The van der Waals surface area contributed by atoms with Crippen LogP contribution in [0.3, 0.4) is 0 Å². The normalized spacial score (nSPS) is 21.5. The summed E-state index contributed by atoms with van der Waals surface area (Å²) < 4.78 is 4.85. The standard InChI is InChI=1S/C50H64N6O4/c1-30(2)25-46(57)54-23-9-11-44(54)40-26-32-13-15-34(28-38(32)51-40)42-21-22-43(56(42)37-19-17-36(18-20-37)50(5,6)7)35-16-14-33-27-41(52-39(33)29-35)45-12-10-24-55(45)48(58)47(31(3)4)53-49(59)60-8/h13-20,26-31,42-45,47,51-52H,9-12,21-25H2,1-8H3,(H,53,59)/t42-,43-,44+,45+,47+/m1/s1. The number of alkyl carbamates (subject to hydrolysis) is 1. The second kappa shape index (κ2) is 16.7. The van der Waals surface area contributed by atoms with Gasteiger partial charge in [-0.15, -0.1) is 0 Å². The molecule has 0 spiro atoms. The molecule has 10 heteroatoms. The van der Waals surface area contributed by atoms with Crippen molar-refractivity contribution in [2.24, 2.45) is 11.8 Å². The number of carbonyl (C=O) groups excluding carboxylic acids is 3. The number of carbonyl (C=O) groups is 3. The van der Waals surface area contributed by atoms with Crippen molar-refractivity contribution in [1.82, 2.24) is 25.1 Å². The zero-order chi connectivity index (χ0) is 42.5. The fourth-order valence-corrected chi connectivity index (χ4v) is 10.2. The molecule has 3 fully saturated rings. The Morgan fingerprint density at radius 1 is 0.717 bits per heavy atom. The lowest BCUT2D eigenvalue weighted by molar-refractivity contribution is -0.135. The Balaban J connectivity index is 1.10. The van der Waals surface area contributed by atoms with E-state index in [1.165, 1.54) is 34.9 Å². The maximum absolute atomic E-state index is 13.9. The number of H-pyrrole nitrogens is 2. The van der Waals surface area contributed by atoms with Crippen molar-refractivity contribution in [3.8, 4) is 0 Å². The van der Waals surface area contributed by atoms with Gasteiger partial charge >= 0.3 is 6.09 Å². The predicted octanol–water partition coefficient (Wildman–Crippen LogP) is 10.8. The number of benzene rings is 3. The molecule has 60 heavy (non-hydrogen) atoms. The number of likely N-dealkylation sites (tertiary alicyclic amines) is 2. The molecule has 0 unspecified atom stereocenters. The number of anilines is 1. The first-order chi connectivity index (χ1) is 28.7. The minimum Gasteiger partial charge on any atom is -0.453 e. The maximum Gasteiger partial charge on any atom is 0.407 e. The Hall–Kier alpha value is -5.25. The number of amides is 3. The van der Waals surface area contributed by atoms with Crippen LogP contribution in [-0.4, -0.2) is 63.9 Å². The summed E-state index contributed by atoms with van der Waals surface area (Å²) in [4.78, 5) is 53.4. The fraction of sp³-hybridized carbons (Fsp3) is 0.500. The number of aromatic nitrogens is 2. The number of fused-ring (bicyclic) bond motifs is 2. The largest absolute Gasteiger partial charge is 0.453 e. The SMILES string of the molecule is COC(=O)N[C@H](C(=O)N1CCC[C@H]1c1cc2ccc([C@H]3CC[C@H](c4ccc5cc([C@@H]6CCCN6C(=O)CC(C)C)[nH]c5c4)N3c3ccc(C(C)(C)C)cc3)cc2[nH]1)C(C)C. The van der Waals surface area contributed by atoms with Gasteiger partial charge < -0.3 is 34.7 Å². The molecule has 5 atom stereocenters. The van der Waals surface area contributed by atoms with Gasteiger partial charge in [-0.2, -0.15) is 0 Å². The van der Waals surface area contributed by atoms with Gasteiger partial charge in [0.25, 0.3) is 0 Å². The molecule has 3 N–H and O–H groups in total. The minimum atomic E-state index is -0.657. The summed E-state index contributed by atoms with van der Waals surface area (Å²) in [6, 6.07) is 27.0. The van der Waals surface area contributed by atoms with Crippen LogP contribution in [0.2, 0.25) is 0 Å². The molecule has 5 aromatic rings. The number of nitrogens with zero attached hydrogens (tertiary/aromatic N) is 3. The first-order valence-electron chi connectivity index (χ1n) is 22.3. The van der Waals surface area contributed by atoms with E-state index in [4.69, 9.17) is 4.74 Å². The minimum absolute atomic E-state index is 0.0520. The summed E-state index contributed by atoms with van der Waals surface area (Å²) >= 11 is 0. The van der Waals surface area contributed by atoms with Crippen LogP contribution in [0.25, 0.3) is 21.8 Å². The van der Waals surface area contributed by atoms with Gasteiger partial charge in [0, 0.05) is 47.6 Å². The number of rotatable bonds is 10. The smallest absolute Gasteiger partial charge is 0.407 e. The molecule has 0 aliphatic carbocycles. The van der Waals surface area contributed by atoms with Crippen molar-refractivity contribution in [1.29, 1.82) is 0 Å². The first-order valence-corrected chi connectivity index (χ1v) is 22.3. The summed E-state index contributed by atoms with van der Waals surface area (Å²) in [6.45, 7) is 16.4. The maximum atomic E-state index is 13.9.